The summed E-state index contributed by atoms with van der Waals surface area (Å²) in [5.41, 5.74) is 2.52. The molecule has 0 saturated heterocycles. The number of alkyl halides is 6. The summed E-state index contributed by atoms with van der Waals surface area (Å²) in [4.78, 5) is 12.1. The number of carbonyl (C=O) groups is 1. The van der Waals surface area contributed by atoms with Crippen molar-refractivity contribution in [3.05, 3.63) is 64.7 Å². The van der Waals surface area contributed by atoms with E-state index in [4.69, 9.17) is 5.73 Å². The zero-order valence-electron chi connectivity index (χ0n) is 12.5. The molecule has 134 valence electrons. The molecule has 9 heteroatoms. The monoisotopic (exact) mass is 362 g/mol. The summed E-state index contributed by atoms with van der Waals surface area (Å²) in [6.07, 6.45) is -10.0. The van der Waals surface area contributed by atoms with Gasteiger partial charge in [-0.15, -0.1) is 0 Å². The third kappa shape index (κ3) is 4.72. The van der Waals surface area contributed by atoms with E-state index in [2.05, 4.69) is 5.32 Å². The van der Waals surface area contributed by atoms with Crippen molar-refractivity contribution in [1.82, 2.24) is 0 Å². The molecular formula is C16H12F6N2O. The number of hydrogen-bond donors (Lipinski definition) is 2. The molecule has 0 saturated carbocycles. The largest absolute Gasteiger partial charge is 0.416 e. The van der Waals surface area contributed by atoms with Gasteiger partial charge in [0.05, 0.1) is 11.1 Å². The van der Waals surface area contributed by atoms with Crippen LogP contribution in [0.4, 0.5) is 32.0 Å². The first-order chi connectivity index (χ1) is 11.5. The number of carbonyl (C=O) groups excluding carboxylic acids is 1. The highest BCUT2D eigenvalue weighted by atomic mass is 19.4. The molecule has 0 atom stereocenters. The molecule has 0 spiro atoms. The predicted octanol–water partition coefficient (Wildman–Crippen LogP) is 4.44. The van der Waals surface area contributed by atoms with Crippen molar-refractivity contribution in [2.75, 3.05) is 5.32 Å². The molecule has 0 bridgehead atoms. The summed E-state index contributed by atoms with van der Waals surface area (Å²) in [7, 11) is 0. The van der Waals surface area contributed by atoms with Crippen LogP contribution >= 0.6 is 0 Å². The quantitative estimate of drug-likeness (QED) is 0.794. The highest BCUT2D eigenvalue weighted by Gasteiger charge is 2.37. The average Bonchev–Trinajstić information content (AvgIpc) is 2.53. The molecule has 0 radical (unpaired) electrons. The average molecular weight is 362 g/mol. The van der Waals surface area contributed by atoms with Crippen molar-refractivity contribution in [3.8, 4) is 0 Å². The van der Waals surface area contributed by atoms with Gasteiger partial charge in [-0.2, -0.15) is 26.3 Å². The van der Waals surface area contributed by atoms with E-state index in [1.165, 1.54) is 12.1 Å². The second-order valence-electron chi connectivity index (χ2n) is 5.15. The standard InChI is InChI=1S/C16H12F6N2O/c17-15(18,19)11-5-10(6-12(7-11)16(20,21)22)14(25)24-13-3-1-9(8-23)2-4-13/h1-7H,8,23H2,(H,24,25). The lowest BCUT2D eigenvalue weighted by Gasteiger charge is -2.14. The second-order valence-corrected chi connectivity index (χ2v) is 5.15. The smallest absolute Gasteiger partial charge is 0.326 e. The molecule has 0 heterocycles. The zero-order chi connectivity index (χ0) is 18.8. The normalized spacial score (nSPS) is 12.1. The lowest BCUT2D eigenvalue weighted by Crippen LogP contribution is -2.17. The van der Waals surface area contributed by atoms with Crippen molar-refractivity contribution in [1.29, 1.82) is 0 Å². The minimum atomic E-state index is -5.01. The number of amides is 1. The predicted molar refractivity (Wildman–Crippen MR) is 78.7 cm³/mol. The van der Waals surface area contributed by atoms with Crippen molar-refractivity contribution >= 4 is 11.6 Å². The first-order valence-electron chi connectivity index (χ1n) is 6.90. The lowest BCUT2D eigenvalue weighted by atomic mass is 10.0. The highest BCUT2D eigenvalue weighted by Crippen LogP contribution is 2.36. The Morgan fingerprint density at radius 3 is 1.76 bits per heavy atom. The number of anilines is 1. The third-order valence-electron chi connectivity index (χ3n) is 3.30. The number of rotatable bonds is 3. The second kappa shape index (κ2) is 6.75. The van der Waals surface area contributed by atoms with Crippen LogP contribution in [0, 0.1) is 0 Å². The molecule has 0 aliphatic heterocycles. The number of benzene rings is 2. The van der Waals surface area contributed by atoms with Crippen molar-refractivity contribution in [3.63, 3.8) is 0 Å². The van der Waals surface area contributed by atoms with Gasteiger partial charge in [-0.25, -0.2) is 0 Å². The molecule has 0 aromatic heterocycles. The topological polar surface area (TPSA) is 55.1 Å². The summed E-state index contributed by atoms with van der Waals surface area (Å²) < 4.78 is 76.8. The van der Waals surface area contributed by atoms with Gasteiger partial charge >= 0.3 is 12.4 Å². The Kier molecular flexibility index (Phi) is 5.07. The van der Waals surface area contributed by atoms with E-state index in [0.29, 0.717) is 12.1 Å². The van der Waals surface area contributed by atoms with Crippen LogP contribution in [-0.4, -0.2) is 5.91 Å². The first-order valence-corrected chi connectivity index (χ1v) is 6.90. The number of nitrogens with two attached hydrogens (primary N) is 1. The summed E-state index contributed by atoms with van der Waals surface area (Å²) in [6, 6.07) is 6.74. The maximum atomic E-state index is 12.8. The van der Waals surface area contributed by atoms with Crippen molar-refractivity contribution in [2.45, 2.75) is 18.9 Å². The molecule has 3 nitrogen and oxygen atoms in total. The van der Waals surface area contributed by atoms with Gasteiger partial charge in [-0.05, 0) is 35.9 Å². The van der Waals surface area contributed by atoms with Gasteiger partial charge in [0.2, 0.25) is 0 Å². The maximum Gasteiger partial charge on any atom is 0.416 e. The molecule has 0 aliphatic rings. The van der Waals surface area contributed by atoms with E-state index in [9.17, 15) is 31.1 Å². The number of nitrogens with one attached hydrogen (secondary N) is 1. The zero-order valence-corrected chi connectivity index (χ0v) is 12.5. The van der Waals surface area contributed by atoms with Gasteiger partial charge < -0.3 is 11.1 Å². The van der Waals surface area contributed by atoms with Gasteiger partial charge in [-0.3, -0.25) is 4.79 Å². The molecular weight excluding hydrogens is 350 g/mol. The van der Waals surface area contributed by atoms with Gasteiger partial charge in [0.25, 0.3) is 5.91 Å². The summed E-state index contributed by atoms with van der Waals surface area (Å²) in [5, 5.41) is 2.25. The van der Waals surface area contributed by atoms with Crippen LogP contribution in [0.1, 0.15) is 27.0 Å². The van der Waals surface area contributed by atoms with Gasteiger partial charge in [0.15, 0.2) is 0 Å². The van der Waals surface area contributed by atoms with Crippen LogP contribution in [0.3, 0.4) is 0 Å². The van der Waals surface area contributed by atoms with E-state index < -0.39 is 35.0 Å². The van der Waals surface area contributed by atoms with Crippen molar-refractivity contribution in [2.24, 2.45) is 5.73 Å². The van der Waals surface area contributed by atoms with Crippen molar-refractivity contribution < 1.29 is 31.1 Å². The highest BCUT2D eigenvalue weighted by molar-refractivity contribution is 6.04. The first kappa shape index (κ1) is 18.8. The SMILES string of the molecule is NCc1ccc(NC(=O)c2cc(C(F)(F)F)cc(C(F)(F)F)c2)cc1. The Hall–Kier alpha value is -2.55. The summed E-state index contributed by atoms with van der Waals surface area (Å²) >= 11 is 0. The van der Waals surface area contributed by atoms with Crippen LogP contribution in [-0.2, 0) is 18.9 Å². The number of hydrogen-bond acceptors (Lipinski definition) is 2. The molecule has 0 aliphatic carbocycles. The van der Waals surface area contributed by atoms with Crippen LogP contribution in [0.5, 0.6) is 0 Å². The van der Waals surface area contributed by atoms with Gasteiger partial charge in [0.1, 0.15) is 0 Å². The van der Waals surface area contributed by atoms with Gasteiger partial charge in [-0.1, -0.05) is 12.1 Å². The van der Waals surface area contributed by atoms with Crippen LogP contribution < -0.4 is 11.1 Å². The molecule has 25 heavy (non-hydrogen) atoms. The van der Waals surface area contributed by atoms with E-state index in [1.807, 2.05) is 0 Å². The fraction of sp³-hybridized carbons (Fsp3) is 0.188. The van der Waals surface area contributed by atoms with Crippen LogP contribution in [0.2, 0.25) is 0 Å². The van der Waals surface area contributed by atoms with E-state index in [0.717, 1.165) is 5.56 Å². The molecule has 2 aromatic carbocycles. The molecule has 2 aromatic rings. The molecule has 0 fully saturated rings. The molecule has 3 N–H and O–H groups in total. The molecule has 2 rings (SSSR count). The van der Waals surface area contributed by atoms with Crippen LogP contribution in [0.25, 0.3) is 0 Å². The fourth-order valence-corrected chi connectivity index (χ4v) is 2.01. The Bertz CT molecular complexity index is 733. The Balaban J connectivity index is 2.37. The molecule has 1 amide bonds. The Labute approximate surface area is 138 Å². The minimum Gasteiger partial charge on any atom is -0.326 e. The van der Waals surface area contributed by atoms with Crippen LogP contribution in [0.15, 0.2) is 42.5 Å². The fourth-order valence-electron chi connectivity index (χ4n) is 2.01. The third-order valence-corrected chi connectivity index (χ3v) is 3.30. The Morgan fingerprint density at radius 2 is 1.36 bits per heavy atom. The summed E-state index contributed by atoms with van der Waals surface area (Å²) in [5.74, 6) is -1.09. The van der Waals surface area contributed by atoms with E-state index >= 15 is 0 Å². The van der Waals surface area contributed by atoms with E-state index in [1.54, 1.807) is 12.1 Å². The number of halogens is 6. The van der Waals surface area contributed by atoms with E-state index in [-0.39, 0.29) is 18.3 Å². The van der Waals surface area contributed by atoms with Gasteiger partial charge in [0, 0.05) is 17.8 Å². The molecule has 0 unspecified atom stereocenters. The minimum absolute atomic E-state index is 0.0349. The maximum absolute atomic E-state index is 12.8. The Morgan fingerprint density at radius 1 is 0.880 bits per heavy atom. The summed E-state index contributed by atoms with van der Waals surface area (Å²) in [6.45, 7) is 0.247. The lowest BCUT2D eigenvalue weighted by molar-refractivity contribution is -0.143.